The summed E-state index contributed by atoms with van der Waals surface area (Å²) in [6.45, 7) is 3.69. The van der Waals surface area contributed by atoms with Crippen molar-refractivity contribution in [3.63, 3.8) is 0 Å². The molecule has 1 saturated heterocycles. The van der Waals surface area contributed by atoms with E-state index in [4.69, 9.17) is 18.9 Å². The van der Waals surface area contributed by atoms with Gasteiger partial charge in [-0.05, 0) is 70.6 Å². The van der Waals surface area contributed by atoms with E-state index in [9.17, 15) is 37.9 Å². The second-order valence-corrected chi connectivity index (χ2v) is 17.6. The van der Waals surface area contributed by atoms with E-state index >= 15 is 0 Å². The third-order valence-corrected chi connectivity index (χ3v) is 11.2. The van der Waals surface area contributed by atoms with E-state index < -0.39 is 71.2 Å². The zero-order valence-electron chi connectivity index (χ0n) is 37.1. The molecular formula is C47H82O12S. The van der Waals surface area contributed by atoms with Gasteiger partial charge in [0.05, 0.1) is 6.61 Å². The molecule has 0 spiro atoms. The van der Waals surface area contributed by atoms with Crippen LogP contribution in [0.25, 0.3) is 0 Å². The highest BCUT2D eigenvalue weighted by Gasteiger charge is 2.46. The van der Waals surface area contributed by atoms with E-state index in [1.165, 1.54) is 64.2 Å². The summed E-state index contributed by atoms with van der Waals surface area (Å²) in [7, 11) is -4.61. The number of hydrogen-bond donors (Lipinski definition) is 4. The van der Waals surface area contributed by atoms with Gasteiger partial charge >= 0.3 is 11.9 Å². The number of rotatable bonds is 38. The van der Waals surface area contributed by atoms with Gasteiger partial charge in [-0.3, -0.25) is 14.1 Å². The quantitative estimate of drug-likeness (QED) is 0.0152. The van der Waals surface area contributed by atoms with Crippen molar-refractivity contribution < 1.29 is 56.8 Å². The minimum Gasteiger partial charge on any atom is -0.462 e. The van der Waals surface area contributed by atoms with Crippen LogP contribution in [0, 0.1) is 0 Å². The maximum atomic E-state index is 12.8. The zero-order chi connectivity index (χ0) is 44.1. The molecule has 0 amide bonds. The molecule has 0 aromatic carbocycles. The molecule has 348 valence electrons. The molecule has 0 aliphatic carbocycles. The largest absolute Gasteiger partial charge is 0.462 e. The standard InChI is InChI=1S/C47H82O12S/c1-3-5-7-9-11-13-15-17-19-20-22-23-25-27-29-31-33-35-42(48)56-37-40(38-57-47-46(52)45(51)44(50)41(59-47)39-60(53,54)55)58-43(49)36-34-32-30-28-26-24-21-18-16-14-12-10-8-6-4-2/h11,13-14,16-19,21,40-41,44-47,50-52H,3-10,12,15,20,22-39H2,1-2H3,(H,53,54,55)/b13-11+,16-14+,19-17+,21-18+/t40-,41-,44-,45?,46?,47+/m1/s1. The molecule has 60 heavy (non-hydrogen) atoms. The number of unbranched alkanes of at least 4 members (excludes halogenated alkanes) is 19. The second kappa shape index (κ2) is 37.2. The van der Waals surface area contributed by atoms with Crippen LogP contribution in [-0.2, 0) is 38.7 Å². The monoisotopic (exact) mass is 871 g/mol. The van der Waals surface area contributed by atoms with Gasteiger partial charge in [-0.25, -0.2) is 0 Å². The SMILES string of the molecule is CCCCC/C=C/C/C=C/CCCCCCCCCC(=O)OC[C@H](CO[C@H]1O[C@H](CS(=O)(=O)O)[C@@H](O)C(O)C1O)OC(=O)CCCCCCC/C=C/C=C/CCCCCC. The molecule has 1 fully saturated rings. The van der Waals surface area contributed by atoms with Gasteiger partial charge in [-0.15, -0.1) is 0 Å². The van der Waals surface area contributed by atoms with E-state index in [1.807, 2.05) is 0 Å². The summed E-state index contributed by atoms with van der Waals surface area (Å²) in [6.07, 6.45) is 34.3. The van der Waals surface area contributed by atoms with Crippen molar-refractivity contribution in [1.82, 2.24) is 0 Å². The van der Waals surface area contributed by atoms with Crippen LogP contribution in [0.5, 0.6) is 0 Å². The third-order valence-electron chi connectivity index (χ3n) is 10.4. The fourth-order valence-electron chi connectivity index (χ4n) is 6.76. The molecule has 0 aromatic heterocycles. The molecule has 12 nitrogen and oxygen atoms in total. The number of carbonyl (C=O) groups is 2. The normalized spacial score (nSPS) is 20.5. The average molecular weight is 871 g/mol. The van der Waals surface area contributed by atoms with Crippen molar-refractivity contribution >= 4 is 22.1 Å². The summed E-state index contributed by atoms with van der Waals surface area (Å²) in [5, 5.41) is 30.9. The van der Waals surface area contributed by atoms with Crippen LogP contribution in [0.2, 0.25) is 0 Å². The molecule has 1 rings (SSSR count). The fourth-order valence-corrected chi connectivity index (χ4v) is 7.45. The zero-order valence-corrected chi connectivity index (χ0v) is 37.9. The van der Waals surface area contributed by atoms with Crippen LogP contribution >= 0.6 is 0 Å². The molecular weight excluding hydrogens is 789 g/mol. The lowest BCUT2D eigenvalue weighted by molar-refractivity contribution is -0.297. The van der Waals surface area contributed by atoms with E-state index in [1.54, 1.807) is 0 Å². The highest BCUT2D eigenvalue weighted by atomic mass is 32.2. The molecule has 1 aliphatic heterocycles. The molecule has 1 heterocycles. The van der Waals surface area contributed by atoms with Crippen LogP contribution in [0.4, 0.5) is 0 Å². The first-order valence-electron chi connectivity index (χ1n) is 23.2. The van der Waals surface area contributed by atoms with Gasteiger partial charge in [-0.2, -0.15) is 8.42 Å². The fraction of sp³-hybridized carbons (Fsp3) is 0.787. The number of esters is 2. The first-order valence-corrected chi connectivity index (χ1v) is 24.8. The minimum atomic E-state index is -4.61. The molecule has 1 aliphatic rings. The lowest BCUT2D eigenvalue weighted by Crippen LogP contribution is -2.60. The van der Waals surface area contributed by atoms with Crippen LogP contribution in [0.3, 0.4) is 0 Å². The number of aliphatic hydroxyl groups is 3. The van der Waals surface area contributed by atoms with Gasteiger partial charge in [-0.1, -0.05) is 146 Å². The summed E-state index contributed by atoms with van der Waals surface area (Å²) >= 11 is 0. The molecule has 0 saturated carbocycles. The number of aliphatic hydroxyl groups excluding tert-OH is 3. The maximum Gasteiger partial charge on any atom is 0.306 e. The summed E-state index contributed by atoms with van der Waals surface area (Å²) in [5.74, 6) is -2.01. The van der Waals surface area contributed by atoms with Gasteiger partial charge in [0.2, 0.25) is 0 Å². The van der Waals surface area contributed by atoms with Crippen molar-refractivity contribution in [3.8, 4) is 0 Å². The highest BCUT2D eigenvalue weighted by Crippen LogP contribution is 2.24. The molecule has 6 atom stereocenters. The summed E-state index contributed by atoms with van der Waals surface area (Å²) in [4.78, 5) is 25.4. The van der Waals surface area contributed by atoms with Crippen LogP contribution in [0.1, 0.15) is 181 Å². The predicted molar refractivity (Wildman–Crippen MR) is 238 cm³/mol. The van der Waals surface area contributed by atoms with E-state index in [-0.39, 0.29) is 19.4 Å². The summed E-state index contributed by atoms with van der Waals surface area (Å²) < 4.78 is 54.1. The number of carbonyl (C=O) groups excluding carboxylic acids is 2. The molecule has 2 unspecified atom stereocenters. The third kappa shape index (κ3) is 31.5. The number of hydrogen-bond acceptors (Lipinski definition) is 11. The average Bonchev–Trinajstić information content (AvgIpc) is 3.21. The van der Waals surface area contributed by atoms with Crippen LogP contribution in [0.15, 0.2) is 48.6 Å². The van der Waals surface area contributed by atoms with Gasteiger partial charge in [0.15, 0.2) is 12.4 Å². The molecule has 0 aromatic rings. The Morgan fingerprint density at radius 1 is 0.583 bits per heavy atom. The Morgan fingerprint density at radius 3 is 1.60 bits per heavy atom. The maximum absolute atomic E-state index is 12.8. The smallest absolute Gasteiger partial charge is 0.306 e. The van der Waals surface area contributed by atoms with Gasteiger partial charge in [0.1, 0.15) is 36.8 Å². The lowest BCUT2D eigenvalue weighted by Gasteiger charge is -2.40. The van der Waals surface area contributed by atoms with Crippen LogP contribution in [-0.4, -0.2) is 96.0 Å². The van der Waals surface area contributed by atoms with Crippen molar-refractivity contribution in [3.05, 3.63) is 48.6 Å². The van der Waals surface area contributed by atoms with E-state index in [2.05, 4.69) is 62.5 Å². The first-order chi connectivity index (χ1) is 29.0. The first kappa shape index (κ1) is 55.6. The Labute approximate surface area is 363 Å². The molecule has 13 heteroatoms. The van der Waals surface area contributed by atoms with Crippen molar-refractivity contribution in [2.75, 3.05) is 19.0 Å². The highest BCUT2D eigenvalue weighted by molar-refractivity contribution is 7.85. The summed E-state index contributed by atoms with van der Waals surface area (Å²) in [6, 6.07) is 0. The van der Waals surface area contributed by atoms with Gasteiger partial charge in [0, 0.05) is 12.8 Å². The van der Waals surface area contributed by atoms with Crippen molar-refractivity contribution in [1.29, 1.82) is 0 Å². The van der Waals surface area contributed by atoms with Crippen molar-refractivity contribution in [2.24, 2.45) is 0 Å². The minimum absolute atomic E-state index is 0.144. The Morgan fingerprint density at radius 2 is 1.05 bits per heavy atom. The predicted octanol–water partition coefficient (Wildman–Crippen LogP) is 9.56. The molecule has 0 radical (unpaired) electrons. The van der Waals surface area contributed by atoms with Gasteiger partial charge in [0.25, 0.3) is 10.1 Å². The number of ether oxygens (including phenoxy) is 4. The van der Waals surface area contributed by atoms with E-state index in [0.717, 1.165) is 77.0 Å². The molecule has 0 bridgehead atoms. The van der Waals surface area contributed by atoms with Crippen LogP contribution < -0.4 is 0 Å². The Bertz CT molecular complexity index is 1300. The lowest BCUT2D eigenvalue weighted by atomic mass is 10.00. The summed E-state index contributed by atoms with van der Waals surface area (Å²) in [5.41, 5.74) is 0. The van der Waals surface area contributed by atoms with Crippen molar-refractivity contribution in [2.45, 2.75) is 218 Å². The Hall–Kier alpha value is -2.39. The Balaban J connectivity index is 2.45. The van der Waals surface area contributed by atoms with Gasteiger partial charge < -0.3 is 34.3 Å². The van der Waals surface area contributed by atoms with E-state index in [0.29, 0.717) is 12.8 Å². The molecule has 4 N–H and O–H groups in total. The second-order valence-electron chi connectivity index (χ2n) is 16.1. The Kier molecular flexibility index (Phi) is 34.5. The number of allylic oxidation sites excluding steroid dienone is 8. The topological polar surface area (TPSA) is 186 Å².